The van der Waals surface area contributed by atoms with Crippen LogP contribution in [0.3, 0.4) is 0 Å². The average Bonchev–Trinajstić information content (AvgIpc) is 2.36. The lowest BCUT2D eigenvalue weighted by atomic mass is 9.60. The van der Waals surface area contributed by atoms with Gasteiger partial charge in [-0.2, -0.15) is 0 Å². The molecular formula is C17H25N3O. The Bertz CT molecular complexity index is 535. The predicted octanol–water partition coefficient (Wildman–Crippen LogP) is 1.50. The predicted molar refractivity (Wildman–Crippen MR) is 84.5 cm³/mol. The highest BCUT2D eigenvalue weighted by molar-refractivity contribution is 5.95. The summed E-state index contributed by atoms with van der Waals surface area (Å²) >= 11 is 0. The summed E-state index contributed by atoms with van der Waals surface area (Å²) in [5.74, 6) is 0.0770. The van der Waals surface area contributed by atoms with Crippen molar-refractivity contribution in [3.8, 4) is 0 Å². The van der Waals surface area contributed by atoms with Gasteiger partial charge in [-0.15, -0.1) is 0 Å². The van der Waals surface area contributed by atoms with Crippen LogP contribution in [0.1, 0.15) is 39.9 Å². The molecule has 1 aliphatic heterocycles. The molecule has 1 spiro atoms. The Morgan fingerprint density at radius 1 is 1.33 bits per heavy atom. The first kappa shape index (κ1) is 14.5. The second-order valence-electron chi connectivity index (χ2n) is 6.65. The Labute approximate surface area is 126 Å². The van der Waals surface area contributed by atoms with E-state index in [1.165, 1.54) is 23.1 Å². The number of hydrogen-bond donors (Lipinski definition) is 3. The number of rotatable bonds is 4. The number of carbonyl (C=O) groups is 1. The molecule has 1 amide bonds. The van der Waals surface area contributed by atoms with Crippen LogP contribution in [-0.4, -0.2) is 32.1 Å². The summed E-state index contributed by atoms with van der Waals surface area (Å²) in [4.78, 5) is 12.5. The van der Waals surface area contributed by atoms with Gasteiger partial charge in [0.25, 0.3) is 5.91 Å². The Morgan fingerprint density at radius 2 is 2.00 bits per heavy atom. The second kappa shape index (κ2) is 5.43. The van der Waals surface area contributed by atoms with Crippen LogP contribution in [0.2, 0.25) is 0 Å². The highest BCUT2D eigenvalue weighted by Crippen LogP contribution is 2.44. The van der Waals surface area contributed by atoms with Crippen molar-refractivity contribution < 1.29 is 4.79 Å². The Hall–Kier alpha value is -1.39. The molecule has 4 nitrogen and oxygen atoms in total. The number of benzene rings is 1. The lowest BCUT2D eigenvalue weighted by Gasteiger charge is -2.56. The summed E-state index contributed by atoms with van der Waals surface area (Å²) in [6.45, 7) is 7.11. The largest absolute Gasteiger partial charge is 0.349 e. The van der Waals surface area contributed by atoms with Crippen LogP contribution in [0, 0.1) is 19.3 Å². The molecule has 1 saturated heterocycles. The number of aryl methyl sites for hydroxylation is 2. The molecule has 0 bridgehead atoms. The number of carbonyl (C=O) groups excluding carboxylic acids is 1. The lowest BCUT2D eigenvalue weighted by Crippen LogP contribution is -2.69. The fraction of sp³-hybridized carbons (Fsp3) is 0.588. The van der Waals surface area contributed by atoms with Gasteiger partial charge in [-0.1, -0.05) is 0 Å². The van der Waals surface area contributed by atoms with Crippen LogP contribution < -0.4 is 16.0 Å². The highest BCUT2D eigenvalue weighted by atomic mass is 16.1. The summed E-state index contributed by atoms with van der Waals surface area (Å²) in [6.07, 6.45) is 2.35. The molecule has 3 N–H and O–H groups in total. The zero-order valence-corrected chi connectivity index (χ0v) is 13.2. The second-order valence-corrected chi connectivity index (χ2v) is 6.65. The van der Waals surface area contributed by atoms with Gasteiger partial charge in [0, 0.05) is 36.7 Å². The summed E-state index contributed by atoms with van der Waals surface area (Å²) in [5.41, 5.74) is 4.80. The Balaban J connectivity index is 1.73. The minimum Gasteiger partial charge on any atom is -0.349 e. The van der Waals surface area contributed by atoms with E-state index in [2.05, 4.69) is 29.8 Å². The van der Waals surface area contributed by atoms with Crippen molar-refractivity contribution >= 4 is 5.91 Å². The molecular weight excluding hydrogens is 262 g/mol. The molecule has 2 aliphatic rings. The average molecular weight is 287 g/mol. The zero-order valence-electron chi connectivity index (χ0n) is 13.2. The van der Waals surface area contributed by atoms with Crippen molar-refractivity contribution in [2.24, 2.45) is 5.41 Å². The number of hydrogen-bond acceptors (Lipinski definition) is 3. The molecule has 114 valence electrons. The third kappa shape index (κ3) is 2.47. The van der Waals surface area contributed by atoms with Gasteiger partial charge in [-0.25, -0.2) is 0 Å². The summed E-state index contributed by atoms with van der Waals surface area (Å²) in [7, 11) is 1.95. The standard InChI is InChI=1S/C17H25N3O/c1-11-6-13(7-12(2)14(11)8-18-3)16(21)20-15-4-5-17(15)9-19-10-17/h6-7,15,18-19H,4-5,8-10H2,1-3H3,(H,20,21). The fourth-order valence-electron chi connectivity index (χ4n) is 3.61. The van der Waals surface area contributed by atoms with Gasteiger partial charge in [0.05, 0.1) is 0 Å². The van der Waals surface area contributed by atoms with E-state index >= 15 is 0 Å². The molecule has 1 aromatic carbocycles. The smallest absolute Gasteiger partial charge is 0.251 e. The monoisotopic (exact) mass is 287 g/mol. The number of nitrogens with one attached hydrogen (secondary N) is 3. The maximum Gasteiger partial charge on any atom is 0.251 e. The van der Waals surface area contributed by atoms with Crippen LogP contribution in [0.15, 0.2) is 12.1 Å². The lowest BCUT2D eigenvalue weighted by molar-refractivity contribution is 0.00914. The zero-order chi connectivity index (χ0) is 15.0. The maximum absolute atomic E-state index is 12.5. The first-order valence-corrected chi connectivity index (χ1v) is 7.82. The fourth-order valence-corrected chi connectivity index (χ4v) is 3.61. The molecule has 3 rings (SSSR count). The topological polar surface area (TPSA) is 53.2 Å². The molecule has 4 heteroatoms. The third-order valence-corrected chi connectivity index (χ3v) is 5.24. The van der Waals surface area contributed by atoms with Gasteiger partial charge < -0.3 is 16.0 Å². The van der Waals surface area contributed by atoms with E-state index in [-0.39, 0.29) is 5.91 Å². The normalized spacial score (nSPS) is 22.5. The van der Waals surface area contributed by atoms with Crippen molar-refractivity contribution in [3.63, 3.8) is 0 Å². The van der Waals surface area contributed by atoms with E-state index < -0.39 is 0 Å². The van der Waals surface area contributed by atoms with Gasteiger partial charge in [-0.05, 0) is 62.6 Å². The molecule has 1 unspecified atom stereocenters. The van der Waals surface area contributed by atoms with Crippen LogP contribution in [-0.2, 0) is 6.54 Å². The molecule has 0 radical (unpaired) electrons. The summed E-state index contributed by atoms with van der Waals surface area (Å²) < 4.78 is 0. The molecule has 1 heterocycles. The van der Waals surface area contributed by atoms with Crippen LogP contribution in [0.25, 0.3) is 0 Å². The quantitative estimate of drug-likeness (QED) is 0.787. The number of amides is 1. The Kier molecular flexibility index (Phi) is 3.76. The first-order valence-electron chi connectivity index (χ1n) is 7.82. The van der Waals surface area contributed by atoms with E-state index in [4.69, 9.17) is 0 Å². The van der Waals surface area contributed by atoms with E-state index in [0.29, 0.717) is 11.5 Å². The maximum atomic E-state index is 12.5. The van der Waals surface area contributed by atoms with Gasteiger partial charge in [0.1, 0.15) is 0 Å². The highest BCUT2D eigenvalue weighted by Gasteiger charge is 2.51. The van der Waals surface area contributed by atoms with Gasteiger partial charge in [0.2, 0.25) is 0 Å². The van der Waals surface area contributed by atoms with E-state index in [1.807, 2.05) is 19.2 Å². The molecule has 1 atom stereocenters. The van der Waals surface area contributed by atoms with Gasteiger partial charge >= 0.3 is 0 Å². The summed E-state index contributed by atoms with van der Waals surface area (Å²) in [6, 6.07) is 4.38. The van der Waals surface area contributed by atoms with E-state index in [0.717, 1.165) is 31.6 Å². The van der Waals surface area contributed by atoms with Crippen molar-refractivity contribution in [3.05, 3.63) is 34.4 Å². The molecule has 1 aromatic rings. The van der Waals surface area contributed by atoms with Crippen LogP contribution in [0.5, 0.6) is 0 Å². The van der Waals surface area contributed by atoms with Crippen molar-refractivity contribution in [1.29, 1.82) is 0 Å². The molecule has 1 aliphatic carbocycles. The minimum atomic E-state index is 0.0770. The van der Waals surface area contributed by atoms with Gasteiger partial charge in [-0.3, -0.25) is 4.79 Å². The van der Waals surface area contributed by atoms with Gasteiger partial charge in [0.15, 0.2) is 0 Å². The van der Waals surface area contributed by atoms with Crippen molar-refractivity contribution in [1.82, 2.24) is 16.0 Å². The van der Waals surface area contributed by atoms with Crippen molar-refractivity contribution in [2.75, 3.05) is 20.1 Å². The van der Waals surface area contributed by atoms with Crippen LogP contribution >= 0.6 is 0 Å². The molecule has 2 fully saturated rings. The SMILES string of the molecule is CNCc1c(C)cc(C(=O)NC2CCC23CNC3)cc1C. The van der Waals surface area contributed by atoms with Crippen molar-refractivity contribution in [2.45, 2.75) is 39.3 Å². The van der Waals surface area contributed by atoms with E-state index in [1.54, 1.807) is 0 Å². The Morgan fingerprint density at radius 3 is 2.43 bits per heavy atom. The minimum absolute atomic E-state index is 0.0770. The molecule has 0 aromatic heterocycles. The third-order valence-electron chi connectivity index (χ3n) is 5.24. The van der Waals surface area contributed by atoms with E-state index in [9.17, 15) is 4.79 Å². The first-order chi connectivity index (χ1) is 10.1. The van der Waals surface area contributed by atoms with Crippen LogP contribution in [0.4, 0.5) is 0 Å². The summed E-state index contributed by atoms with van der Waals surface area (Å²) in [5, 5.41) is 9.75. The molecule has 21 heavy (non-hydrogen) atoms. The molecule has 1 saturated carbocycles.